The predicted octanol–water partition coefficient (Wildman–Crippen LogP) is 0.970. The summed E-state index contributed by atoms with van der Waals surface area (Å²) in [6, 6.07) is 1.88. The molecule has 3 rings (SSSR count). The van der Waals surface area contributed by atoms with Crippen LogP contribution in [0.25, 0.3) is 5.78 Å². The van der Waals surface area contributed by atoms with E-state index in [0.29, 0.717) is 11.7 Å². The molecular weight excluding hydrogens is 256 g/mol. The molecule has 20 heavy (non-hydrogen) atoms. The van der Waals surface area contributed by atoms with E-state index < -0.39 is 0 Å². The van der Waals surface area contributed by atoms with E-state index >= 15 is 0 Å². The fourth-order valence-electron chi connectivity index (χ4n) is 2.84. The van der Waals surface area contributed by atoms with Crippen LogP contribution in [0.2, 0.25) is 0 Å². The molecule has 0 aromatic carbocycles. The summed E-state index contributed by atoms with van der Waals surface area (Å²) in [7, 11) is 1.45. The van der Waals surface area contributed by atoms with E-state index in [1.54, 1.807) is 6.20 Å². The lowest BCUT2D eigenvalue weighted by Gasteiger charge is -2.13. The molecule has 2 atom stereocenters. The Morgan fingerprint density at radius 2 is 2.35 bits per heavy atom. The van der Waals surface area contributed by atoms with Crippen molar-refractivity contribution in [3.8, 4) is 0 Å². The molecular formula is C14H18N4O2. The predicted molar refractivity (Wildman–Crippen MR) is 72.9 cm³/mol. The van der Waals surface area contributed by atoms with Crippen LogP contribution >= 0.6 is 0 Å². The Bertz CT molecular complexity index is 591. The zero-order chi connectivity index (χ0) is 14.1. The Balaban J connectivity index is 1.71. The van der Waals surface area contributed by atoms with E-state index in [0.717, 1.165) is 25.3 Å². The topological polar surface area (TPSA) is 59.7 Å². The van der Waals surface area contributed by atoms with Crippen molar-refractivity contribution in [2.75, 3.05) is 20.2 Å². The van der Waals surface area contributed by atoms with Gasteiger partial charge in [-0.25, -0.2) is 9.97 Å². The summed E-state index contributed by atoms with van der Waals surface area (Å²) < 4.78 is 6.77. The summed E-state index contributed by atoms with van der Waals surface area (Å²) in [5.74, 6) is 0.878. The van der Waals surface area contributed by atoms with E-state index in [9.17, 15) is 4.79 Å². The van der Waals surface area contributed by atoms with Crippen LogP contribution in [0.1, 0.15) is 12.6 Å². The minimum atomic E-state index is -0.114. The molecule has 106 valence electrons. The van der Waals surface area contributed by atoms with Gasteiger partial charge in [0.1, 0.15) is 0 Å². The van der Waals surface area contributed by atoms with Crippen molar-refractivity contribution < 1.29 is 9.53 Å². The molecule has 0 aliphatic carbocycles. The van der Waals surface area contributed by atoms with Crippen molar-refractivity contribution in [2.24, 2.45) is 11.8 Å². The van der Waals surface area contributed by atoms with Gasteiger partial charge in [-0.2, -0.15) is 0 Å². The lowest BCUT2D eigenvalue weighted by molar-refractivity contribution is -0.146. The van der Waals surface area contributed by atoms with Gasteiger partial charge in [-0.15, -0.1) is 0 Å². The number of hydrogen-bond donors (Lipinski definition) is 0. The summed E-state index contributed by atoms with van der Waals surface area (Å²) in [5, 5.41) is 0. The molecule has 6 nitrogen and oxygen atoms in total. The van der Waals surface area contributed by atoms with E-state index in [1.807, 2.05) is 22.9 Å². The fraction of sp³-hybridized carbons (Fsp3) is 0.500. The van der Waals surface area contributed by atoms with Crippen LogP contribution in [0, 0.1) is 11.8 Å². The molecule has 1 aliphatic heterocycles. The average Bonchev–Trinajstić information content (AvgIpc) is 3.01. The molecule has 0 radical (unpaired) electrons. The highest BCUT2D eigenvalue weighted by Crippen LogP contribution is 2.25. The summed E-state index contributed by atoms with van der Waals surface area (Å²) in [4.78, 5) is 22.6. The minimum Gasteiger partial charge on any atom is -0.469 e. The van der Waals surface area contributed by atoms with Gasteiger partial charge in [-0.1, -0.05) is 6.92 Å². The summed E-state index contributed by atoms with van der Waals surface area (Å²) in [6.07, 6.45) is 5.65. The monoisotopic (exact) mass is 274 g/mol. The number of carbonyl (C=O) groups excluding carboxylic acids is 1. The molecule has 3 heterocycles. The smallest absolute Gasteiger partial charge is 0.310 e. The zero-order valence-corrected chi connectivity index (χ0v) is 11.7. The Hall–Kier alpha value is -1.95. The van der Waals surface area contributed by atoms with Crippen LogP contribution in [0.3, 0.4) is 0 Å². The van der Waals surface area contributed by atoms with Crippen LogP contribution in [0.4, 0.5) is 0 Å². The first-order valence-corrected chi connectivity index (χ1v) is 6.76. The van der Waals surface area contributed by atoms with Crippen molar-refractivity contribution in [3.63, 3.8) is 0 Å². The van der Waals surface area contributed by atoms with Gasteiger partial charge in [-0.3, -0.25) is 14.1 Å². The Morgan fingerprint density at radius 3 is 3.10 bits per heavy atom. The number of imidazole rings is 1. The summed E-state index contributed by atoms with van der Waals surface area (Å²) in [6.45, 7) is 4.45. The molecule has 2 aromatic heterocycles. The van der Waals surface area contributed by atoms with E-state index in [2.05, 4.69) is 21.8 Å². The van der Waals surface area contributed by atoms with Crippen molar-refractivity contribution in [2.45, 2.75) is 13.5 Å². The highest BCUT2D eigenvalue weighted by atomic mass is 16.5. The number of aromatic nitrogens is 3. The Kier molecular flexibility index (Phi) is 3.40. The third-order valence-electron chi connectivity index (χ3n) is 3.86. The molecule has 2 aromatic rings. The van der Waals surface area contributed by atoms with Gasteiger partial charge in [0.15, 0.2) is 0 Å². The molecule has 1 saturated heterocycles. The first-order chi connectivity index (χ1) is 9.67. The number of likely N-dealkylation sites (tertiary alicyclic amines) is 1. The molecule has 0 N–H and O–H groups in total. The number of fused-ring (bicyclic) bond motifs is 1. The Labute approximate surface area is 117 Å². The number of nitrogens with zero attached hydrogens (tertiary/aromatic N) is 4. The normalized spacial score (nSPS) is 23.3. The maximum Gasteiger partial charge on any atom is 0.310 e. The molecule has 0 bridgehead atoms. The Morgan fingerprint density at radius 1 is 1.50 bits per heavy atom. The van der Waals surface area contributed by atoms with Crippen LogP contribution in [-0.4, -0.2) is 45.4 Å². The molecule has 0 amide bonds. The molecule has 2 unspecified atom stereocenters. The maximum atomic E-state index is 11.7. The van der Waals surface area contributed by atoms with Gasteiger partial charge in [-0.05, 0) is 12.0 Å². The van der Waals surface area contributed by atoms with Crippen LogP contribution in [0.15, 0.2) is 24.7 Å². The van der Waals surface area contributed by atoms with Crippen molar-refractivity contribution >= 4 is 11.7 Å². The second-order valence-electron chi connectivity index (χ2n) is 5.36. The lowest BCUT2D eigenvalue weighted by atomic mass is 9.99. The standard InChI is InChI=1S/C14H18N4O2/c1-10-6-17(9-12(10)13(19)20-2)7-11-8-18-5-3-4-15-14(18)16-11/h3-5,8,10,12H,6-7,9H2,1-2H3. The number of ether oxygens (including phenoxy) is 1. The number of carbonyl (C=O) groups is 1. The highest BCUT2D eigenvalue weighted by molar-refractivity contribution is 5.73. The molecule has 0 spiro atoms. The molecule has 6 heteroatoms. The number of esters is 1. The third kappa shape index (κ3) is 2.38. The number of hydrogen-bond acceptors (Lipinski definition) is 5. The fourth-order valence-corrected chi connectivity index (χ4v) is 2.84. The average molecular weight is 274 g/mol. The molecule has 1 fully saturated rings. The van der Waals surface area contributed by atoms with Gasteiger partial charge in [0, 0.05) is 38.2 Å². The number of methoxy groups -OCH3 is 1. The SMILES string of the molecule is COC(=O)C1CN(Cc2cn3cccnc3n2)CC1C. The van der Waals surface area contributed by atoms with Crippen LogP contribution in [0.5, 0.6) is 0 Å². The quantitative estimate of drug-likeness (QED) is 0.781. The summed E-state index contributed by atoms with van der Waals surface area (Å²) >= 11 is 0. The maximum absolute atomic E-state index is 11.7. The molecule has 1 aliphatic rings. The van der Waals surface area contributed by atoms with Crippen molar-refractivity contribution in [1.82, 2.24) is 19.3 Å². The second kappa shape index (κ2) is 5.20. The van der Waals surface area contributed by atoms with Crippen molar-refractivity contribution in [1.29, 1.82) is 0 Å². The highest BCUT2D eigenvalue weighted by Gasteiger charge is 2.35. The largest absolute Gasteiger partial charge is 0.469 e. The van der Waals surface area contributed by atoms with E-state index in [-0.39, 0.29) is 11.9 Å². The van der Waals surface area contributed by atoms with Gasteiger partial charge < -0.3 is 4.74 Å². The lowest BCUT2D eigenvalue weighted by Crippen LogP contribution is -2.24. The minimum absolute atomic E-state index is 0.0323. The van der Waals surface area contributed by atoms with E-state index in [1.165, 1.54) is 7.11 Å². The van der Waals surface area contributed by atoms with Crippen LogP contribution < -0.4 is 0 Å². The van der Waals surface area contributed by atoms with E-state index in [4.69, 9.17) is 4.74 Å². The number of rotatable bonds is 3. The summed E-state index contributed by atoms with van der Waals surface area (Å²) in [5.41, 5.74) is 0.974. The van der Waals surface area contributed by atoms with Crippen LogP contribution in [-0.2, 0) is 16.1 Å². The first-order valence-electron chi connectivity index (χ1n) is 6.76. The first kappa shape index (κ1) is 13.1. The third-order valence-corrected chi connectivity index (χ3v) is 3.86. The second-order valence-corrected chi connectivity index (χ2v) is 5.36. The van der Waals surface area contributed by atoms with Crippen molar-refractivity contribution in [3.05, 3.63) is 30.4 Å². The molecule has 0 saturated carbocycles. The van der Waals surface area contributed by atoms with Gasteiger partial charge >= 0.3 is 5.97 Å². The van der Waals surface area contributed by atoms with Gasteiger partial charge in [0.2, 0.25) is 5.78 Å². The van der Waals surface area contributed by atoms with Gasteiger partial charge in [0.05, 0.1) is 18.7 Å². The van der Waals surface area contributed by atoms with Gasteiger partial charge in [0.25, 0.3) is 0 Å². The zero-order valence-electron chi connectivity index (χ0n) is 11.7.